The molecule has 3 rings (SSSR count). The maximum atomic E-state index is 12.9. The summed E-state index contributed by atoms with van der Waals surface area (Å²) in [6.45, 7) is 4.40. The summed E-state index contributed by atoms with van der Waals surface area (Å²) in [5, 5.41) is 12.6. The van der Waals surface area contributed by atoms with Gasteiger partial charge in [0, 0.05) is 19.1 Å². The molecule has 0 aromatic carbocycles. The third-order valence-electron chi connectivity index (χ3n) is 5.49. The number of aromatic nitrogens is 4. The van der Waals surface area contributed by atoms with Gasteiger partial charge in [-0.2, -0.15) is 0 Å². The predicted octanol–water partition coefficient (Wildman–Crippen LogP) is 2.66. The minimum atomic E-state index is -0.657. The third kappa shape index (κ3) is 5.91. The zero-order valence-electron chi connectivity index (χ0n) is 18.6. The number of thioether (sulfide) groups is 1. The Bertz CT molecular complexity index is 1030. The summed E-state index contributed by atoms with van der Waals surface area (Å²) in [7, 11) is 0. The summed E-state index contributed by atoms with van der Waals surface area (Å²) in [4.78, 5) is 41.2. The summed E-state index contributed by atoms with van der Waals surface area (Å²) >= 11 is 2.70. The molecule has 32 heavy (non-hydrogen) atoms. The van der Waals surface area contributed by atoms with Crippen LogP contribution in [0.15, 0.2) is 13.9 Å². The van der Waals surface area contributed by atoms with Crippen LogP contribution in [0.5, 0.6) is 0 Å². The molecule has 1 fully saturated rings. The number of carbonyl (C=O) groups excluding carboxylic acids is 1. The lowest BCUT2D eigenvalue weighted by atomic mass is 9.96. The summed E-state index contributed by atoms with van der Waals surface area (Å²) in [5.74, 6) is -0.187. The van der Waals surface area contributed by atoms with Crippen molar-refractivity contribution in [1.82, 2.24) is 19.7 Å². The molecule has 0 atom stereocenters. The minimum Gasteiger partial charge on any atom is -0.383 e. The van der Waals surface area contributed by atoms with E-state index in [1.54, 1.807) is 6.92 Å². The van der Waals surface area contributed by atoms with E-state index in [0.717, 1.165) is 30.8 Å². The summed E-state index contributed by atoms with van der Waals surface area (Å²) in [6.07, 6.45) is 7.63. The van der Waals surface area contributed by atoms with Gasteiger partial charge in [-0.25, -0.2) is 4.79 Å². The monoisotopic (exact) mass is 481 g/mol. The van der Waals surface area contributed by atoms with Gasteiger partial charge in [-0.15, -0.1) is 10.2 Å². The molecule has 0 radical (unpaired) electrons. The number of H-pyrrole nitrogens is 1. The number of nitrogens with zero attached hydrogens (tertiary/aromatic N) is 4. The maximum Gasteiger partial charge on any atom is 0.330 e. The Balaban J connectivity index is 1.68. The van der Waals surface area contributed by atoms with Crippen LogP contribution in [0.1, 0.15) is 58.8 Å². The molecule has 12 heteroatoms. The number of amides is 1. The number of nitrogens with one attached hydrogen (secondary N) is 2. The van der Waals surface area contributed by atoms with Gasteiger partial charge in [-0.3, -0.25) is 19.1 Å². The molecule has 176 valence electrons. The van der Waals surface area contributed by atoms with Crippen molar-refractivity contribution < 1.29 is 4.79 Å². The van der Waals surface area contributed by atoms with Crippen molar-refractivity contribution in [2.75, 3.05) is 28.2 Å². The van der Waals surface area contributed by atoms with Crippen LogP contribution in [-0.4, -0.2) is 44.0 Å². The van der Waals surface area contributed by atoms with Gasteiger partial charge in [0.1, 0.15) is 5.82 Å². The van der Waals surface area contributed by atoms with Crippen LogP contribution >= 0.6 is 23.1 Å². The number of hydrogen-bond acceptors (Lipinski definition) is 9. The van der Waals surface area contributed by atoms with Gasteiger partial charge in [0.25, 0.3) is 5.56 Å². The van der Waals surface area contributed by atoms with Crippen molar-refractivity contribution >= 4 is 45.6 Å². The summed E-state index contributed by atoms with van der Waals surface area (Å²) in [5.41, 5.74) is 4.95. The lowest BCUT2D eigenvalue weighted by Crippen LogP contribution is -2.41. The molecule has 1 aliphatic carbocycles. The highest BCUT2D eigenvalue weighted by Gasteiger charge is 2.23. The van der Waals surface area contributed by atoms with Crippen molar-refractivity contribution in [2.24, 2.45) is 0 Å². The van der Waals surface area contributed by atoms with Gasteiger partial charge in [0.15, 0.2) is 10.0 Å². The van der Waals surface area contributed by atoms with Gasteiger partial charge in [-0.05, 0) is 26.2 Å². The molecule has 10 nitrogen and oxygen atoms in total. The molecule has 0 saturated heterocycles. The van der Waals surface area contributed by atoms with Crippen LogP contribution in [0, 0.1) is 0 Å². The van der Waals surface area contributed by atoms with Gasteiger partial charge >= 0.3 is 5.69 Å². The van der Waals surface area contributed by atoms with E-state index < -0.39 is 11.2 Å². The summed E-state index contributed by atoms with van der Waals surface area (Å²) in [6, 6.07) is 0.435. The number of nitrogen functional groups attached to an aromatic ring is 1. The molecule has 0 spiro atoms. The number of unbranched alkanes of at least 4 members (excludes halogenated alkanes) is 1. The molecule has 2 heterocycles. The first kappa shape index (κ1) is 24.3. The number of hydrogen-bond donors (Lipinski definition) is 3. The predicted molar refractivity (Wildman–Crippen MR) is 130 cm³/mol. The Kier molecular flexibility index (Phi) is 8.74. The van der Waals surface area contributed by atoms with Crippen LogP contribution in [0.2, 0.25) is 0 Å². The molecule has 1 saturated carbocycles. The lowest BCUT2D eigenvalue weighted by Gasteiger charge is -2.22. The standard InChI is InChI=1S/C20H31N7O3S2/c1-3-5-11-27-16(21)15(17(29)23-19(27)30)26(4-2)14(28)12-31-20-25-24-18(32-20)22-13-9-7-6-8-10-13/h13H,3-12,21H2,1-2H3,(H,22,24)(H,23,29,30). The second-order valence-corrected chi connectivity index (χ2v) is 9.98. The van der Waals surface area contributed by atoms with Crippen LogP contribution in [-0.2, 0) is 11.3 Å². The molecule has 2 aromatic heterocycles. The third-order valence-corrected chi connectivity index (χ3v) is 7.47. The fourth-order valence-electron chi connectivity index (χ4n) is 3.78. The average Bonchev–Trinajstić information content (AvgIpc) is 3.22. The van der Waals surface area contributed by atoms with E-state index >= 15 is 0 Å². The molecule has 2 aromatic rings. The van der Waals surface area contributed by atoms with Crippen LogP contribution < -0.4 is 27.2 Å². The maximum absolute atomic E-state index is 12.9. The molecule has 0 bridgehead atoms. The first-order chi connectivity index (χ1) is 15.4. The highest BCUT2D eigenvalue weighted by atomic mass is 32.2. The SMILES string of the molecule is CCCCn1c(N)c(N(CC)C(=O)CSc2nnc(NC3CCCCC3)s2)c(=O)[nH]c1=O. The number of aromatic amines is 1. The highest BCUT2D eigenvalue weighted by Crippen LogP contribution is 2.29. The van der Waals surface area contributed by atoms with Crippen LogP contribution in [0.4, 0.5) is 16.6 Å². The van der Waals surface area contributed by atoms with E-state index in [4.69, 9.17) is 5.73 Å². The van der Waals surface area contributed by atoms with Gasteiger partial charge in [0.05, 0.1) is 5.75 Å². The number of rotatable bonds is 10. The molecule has 0 aliphatic heterocycles. The normalized spacial score (nSPS) is 14.4. The van der Waals surface area contributed by atoms with Gasteiger partial charge in [-0.1, -0.05) is 55.7 Å². The topological polar surface area (TPSA) is 139 Å². The van der Waals surface area contributed by atoms with E-state index in [1.165, 1.54) is 51.8 Å². The number of anilines is 3. The quantitative estimate of drug-likeness (QED) is 0.440. The fraction of sp³-hybridized carbons (Fsp3) is 0.650. The molecule has 1 aliphatic rings. The average molecular weight is 482 g/mol. The Morgan fingerprint density at radius 3 is 2.72 bits per heavy atom. The lowest BCUT2D eigenvalue weighted by molar-refractivity contribution is -0.116. The number of carbonyl (C=O) groups is 1. The highest BCUT2D eigenvalue weighted by molar-refractivity contribution is 8.01. The first-order valence-corrected chi connectivity index (χ1v) is 12.9. The number of nitrogens with two attached hydrogens (primary N) is 1. The largest absolute Gasteiger partial charge is 0.383 e. The van der Waals surface area contributed by atoms with Crippen LogP contribution in [0.25, 0.3) is 0 Å². The Hall–Kier alpha value is -2.34. The summed E-state index contributed by atoms with van der Waals surface area (Å²) < 4.78 is 2.00. The van der Waals surface area contributed by atoms with Crippen molar-refractivity contribution in [3.63, 3.8) is 0 Å². The van der Waals surface area contributed by atoms with E-state index in [-0.39, 0.29) is 29.7 Å². The molecule has 4 N–H and O–H groups in total. The smallest absolute Gasteiger partial charge is 0.330 e. The van der Waals surface area contributed by atoms with Crippen molar-refractivity contribution in [3.8, 4) is 0 Å². The van der Waals surface area contributed by atoms with E-state index in [9.17, 15) is 14.4 Å². The Morgan fingerprint density at radius 2 is 2.03 bits per heavy atom. The second kappa shape index (κ2) is 11.5. The van der Waals surface area contributed by atoms with Gasteiger partial charge in [0.2, 0.25) is 11.0 Å². The van der Waals surface area contributed by atoms with E-state index in [1.807, 2.05) is 6.92 Å². The zero-order chi connectivity index (χ0) is 23.1. The minimum absolute atomic E-state index is 0.0160. The van der Waals surface area contributed by atoms with Crippen LogP contribution in [0.3, 0.4) is 0 Å². The van der Waals surface area contributed by atoms with Crippen molar-refractivity contribution in [1.29, 1.82) is 0 Å². The second-order valence-electron chi connectivity index (χ2n) is 7.78. The molecule has 0 unspecified atom stereocenters. The Labute approximate surface area is 195 Å². The van der Waals surface area contributed by atoms with Crippen molar-refractivity contribution in [3.05, 3.63) is 20.8 Å². The Morgan fingerprint density at radius 1 is 1.28 bits per heavy atom. The molecular formula is C20H31N7O3S2. The van der Waals surface area contributed by atoms with Gasteiger partial charge < -0.3 is 16.0 Å². The molecule has 1 amide bonds. The van der Waals surface area contributed by atoms with E-state index in [0.29, 0.717) is 16.9 Å². The van der Waals surface area contributed by atoms with Crippen molar-refractivity contribution in [2.45, 2.75) is 75.7 Å². The first-order valence-electron chi connectivity index (χ1n) is 11.1. The van der Waals surface area contributed by atoms with E-state index in [2.05, 4.69) is 20.5 Å². The zero-order valence-corrected chi connectivity index (χ0v) is 20.2. The fourth-order valence-corrected chi connectivity index (χ4v) is 5.49. The molecular weight excluding hydrogens is 450 g/mol.